The molecule has 0 saturated carbocycles. The van der Waals surface area contributed by atoms with Crippen LogP contribution in [0.25, 0.3) is 0 Å². The van der Waals surface area contributed by atoms with Crippen molar-refractivity contribution < 1.29 is 32.2 Å². The van der Waals surface area contributed by atoms with Crippen LogP contribution in [0.4, 0.5) is 18.0 Å². The first kappa shape index (κ1) is 21.7. The predicted octanol–water partition coefficient (Wildman–Crippen LogP) is 3.57. The first-order valence-corrected chi connectivity index (χ1v) is 11.1. The zero-order valence-corrected chi connectivity index (χ0v) is 15.5. The van der Waals surface area contributed by atoms with Crippen LogP contribution in [0.5, 0.6) is 0 Å². The quantitative estimate of drug-likeness (QED) is 0.559. The van der Waals surface area contributed by atoms with Crippen molar-refractivity contribution in [3.8, 4) is 0 Å². The number of amides is 1. The first-order chi connectivity index (χ1) is 10.2. The summed E-state index contributed by atoms with van der Waals surface area (Å²) in [7, 11) is -0.644. The van der Waals surface area contributed by atoms with E-state index in [1.807, 2.05) is 19.6 Å². The van der Waals surface area contributed by atoms with E-state index >= 15 is 0 Å². The summed E-state index contributed by atoms with van der Waals surface area (Å²) in [5.74, 6) is -2.06. The summed E-state index contributed by atoms with van der Waals surface area (Å²) in [6.45, 7) is 9.17. The molecule has 5 nitrogen and oxygen atoms in total. The Morgan fingerprint density at radius 1 is 1.17 bits per heavy atom. The largest absolute Gasteiger partial charge is 0.467 e. The van der Waals surface area contributed by atoms with Crippen LogP contribution in [0.1, 0.15) is 20.3 Å². The van der Waals surface area contributed by atoms with Gasteiger partial charge in [0.15, 0.2) is 0 Å². The van der Waals surface area contributed by atoms with Gasteiger partial charge in [-0.2, -0.15) is 13.2 Å². The standard InChI is InChI=1S/C14H26F3NO4Si/c1-10(2)9-13(11(19)21-3,14(15,16)17)18-12(20)22-7-8-23(4,5)6/h10H,7-9H2,1-6H3,(H,18,20)/t13-/m0/s1. The molecule has 0 radical (unpaired) electrons. The number of hydrogen-bond donors (Lipinski definition) is 1. The second-order valence-electron chi connectivity index (χ2n) is 7.06. The molecular weight excluding hydrogens is 331 g/mol. The van der Waals surface area contributed by atoms with Gasteiger partial charge >= 0.3 is 18.2 Å². The van der Waals surface area contributed by atoms with Crippen molar-refractivity contribution in [1.82, 2.24) is 5.32 Å². The van der Waals surface area contributed by atoms with E-state index in [-0.39, 0.29) is 6.61 Å². The van der Waals surface area contributed by atoms with Crippen molar-refractivity contribution in [1.29, 1.82) is 0 Å². The molecular formula is C14H26F3NO4Si. The lowest BCUT2D eigenvalue weighted by atomic mass is 9.88. The Kier molecular flexibility index (Phi) is 7.59. The SMILES string of the molecule is COC(=O)[C@](CC(C)C)(NC(=O)OCC[Si](C)(C)C)C(F)(F)F. The second kappa shape index (κ2) is 8.03. The number of alkyl carbamates (subject to hydrolysis) is 1. The molecule has 0 unspecified atom stereocenters. The van der Waals surface area contributed by atoms with Gasteiger partial charge in [0.25, 0.3) is 0 Å². The third kappa shape index (κ3) is 6.80. The van der Waals surface area contributed by atoms with Gasteiger partial charge in [0, 0.05) is 8.07 Å². The van der Waals surface area contributed by atoms with Gasteiger partial charge in [0.1, 0.15) is 0 Å². The number of ether oxygens (including phenoxy) is 2. The number of halogens is 3. The zero-order chi connectivity index (χ0) is 18.5. The van der Waals surface area contributed by atoms with Crippen molar-refractivity contribution in [3.05, 3.63) is 0 Å². The molecule has 0 aromatic rings. The van der Waals surface area contributed by atoms with E-state index in [4.69, 9.17) is 4.74 Å². The molecule has 1 amide bonds. The Balaban J connectivity index is 5.22. The van der Waals surface area contributed by atoms with Gasteiger partial charge in [0.05, 0.1) is 13.7 Å². The molecule has 0 heterocycles. The van der Waals surface area contributed by atoms with Gasteiger partial charge < -0.3 is 9.47 Å². The molecule has 0 aromatic heterocycles. The minimum absolute atomic E-state index is 0.0122. The van der Waals surface area contributed by atoms with Crippen LogP contribution in [-0.4, -0.2) is 45.6 Å². The molecule has 0 aromatic carbocycles. The maximum Gasteiger partial charge on any atom is 0.422 e. The van der Waals surface area contributed by atoms with Crippen molar-refractivity contribution >= 4 is 20.1 Å². The average Bonchev–Trinajstić information content (AvgIpc) is 2.33. The van der Waals surface area contributed by atoms with Crippen LogP contribution in [0, 0.1) is 5.92 Å². The minimum Gasteiger partial charge on any atom is -0.467 e. The van der Waals surface area contributed by atoms with E-state index in [2.05, 4.69) is 4.74 Å². The van der Waals surface area contributed by atoms with Gasteiger partial charge in [-0.1, -0.05) is 33.5 Å². The molecule has 23 heavy (non-hydrogen) atoms. The highest BCUT2D eigenvalue weighted by Gasteiger charge is 2.63. The lowest BCUT2D eigenvalue weighted by Gasteiger charge is -2.34. The molecule has 0 saturated heterocycles. The molecule has 1 atom stereocenters. The summed E-state index contributed by atoms with van der Waals surface area (Å²) in [4.78, 5) is 23.5. The molecule has 0 fully saturated rings. The minimum atomic E-state index is -5.00. The fraction of sp³-hybridized carbons (Fsp3) is 0.857. The van der Waals surface area contributed by atoms with Crippen LogP contribution in [0.3, 0.4) is 0 Å². The first-order valence-electron chi connectivity index (χ1n) is 7.35. The van der Waals surface area contributed by atoms with Gasteiger partial charge in [-0.15, -0.1) is 0 Å². The summed E-state index contributed by atoms with van der Waals surface area (Å²) in [6, 6.07) is 0.613. The van der Waals surface area contributed by atoms with Crippen LogP contribution >= 0.6 is 0 Å². The Bertz CT molecular complexity index is 421. The van der Waals surface area contributed by atoms with Gasteiger partial charge in [-0.25, -0.2) is 9.59 Å². The summed E-state index contributed by atoms with van der Waals surface area (Å²) in [5.41, 5.74) is -3.10. The van der Waals surface area contributed by atoms with Crippen molar-refractivity contribution in [2.45, 2.75) is 57.7 Å². The van der Waals surface area contributed by atoms with Crippen LogP contribution in [0.2, 0.25) is 25.7 Å². The Labute approximate surface area is 135 Å². The summed E-state index contributed by atoms with van der Waals surface area (Å²) >= 11 is 0. The number of carbonyl (C=O) groups is 2. The molecule has 0 spiro atoms. The van der Waals surface area contributed by atoms with E-state index in [1.165, 1.54) is 13.8 Å². The van der Waals surface area contributed by atoms with E-state index in [0.29, 0.717) is 6.04 Å². The van der Waals surface area contributed by atoms with Crippen molar-refractivity contribution in [2.24, 2.45) is 5.92 Å². The number of nitrogens with one attached hydrogen (secondary N) is 1. The number of hydrogen-bond acceptors (Lipinski definition) is 4. The molecule has 0 aliphatic carbocycles. The lowest BCUT2D eigenvalue weighted by Crippen LogP contribution is -2.65. The molecule has 0 bridgehead atoms. The maximum atomic E-state index is 13.5. The summed E-state index contributed by atoms with van der Waals surface area (Å²) in [6.07, 6.45) is -6.90. The molecule has 1 N–H and O–H groups in total. The number of alkyl halides is 3. The van der Waals surface area contributed by atoms with E-state index in [9.17, 15) is 22.8 Å². The van der Waals surface area contributed by atoms with Crippen LogP contribution in [-0.2, 0) is 14.3 Å². The molecule has 136 valence electrons. The number of methoxy groups -OCH3 is 1. The van der Waals surface area contributed by atoms with Crippen LogP contribution in [0.15, 0.2) is 0 Å². The number of esters is 1. The fourth-order valence-electron chi connectivity index (χ4n) is 1.93. The zero-order valence-electron chi connectivity index (χ0n) is 14.5. The van der Waals surface area contributed by atoms with Gasteiger partial charge in [-0.3, -0.25) is 5.32 Å². The highest BCUT2D eigenvalue weighted by Crippen LogP contribution is 2.36. The summed E-state index contributed by atoms with van der Waals surface area (Å²) in [5, 5.41) is 1.69. The second-order valence-corrected chi connectivity index (χ2v) is 12.7. The van der Waals surface area contributed by atoms with Crippen LogP contribution < -0.4 is 5.32 Å². The molecule has 0 aliphatic heterocycles. The Morgan fingerprint density at radius 3 is 2.04 bits per heavy atom. The van der Waals surface area contributed by atoms with E-state index in [0.717, 1.165) is 7.11 Å². The van der Waals surface area contributed by atoms with Crippen molar-refractivity contribution in [3.63, 3.8) is 0 Å². The molecule has 0 rings (SSSR count). The molecule has 0 aliphatic rings. The summed E-state index contributed by atoms with van der Waals surface area (Å²) < 4.78 is 49.5. The average molecular weight is 357 g/mol. The van der Waals surface area contributed by atoms with E-state index in [1.54, 1.807) is 5.32 Å². The van der Waals surface area contributed by atoms with Gasteiger partial charge in [0.2, 0.25) is 5.54 Å². The number of rotatable bonds is 7. The normalized spacial score (nSPS) is 15.0. The Hall–Kier alpha value is -1.25. The smallest absolute Gasteiger partial charge is 0.422 e. The molecule has 9 heteroatoms. The predicted molar refractivity (Wildman–Crippen MR) is 82.9 cm³/mol. The lowest BCUT2D eigenvalue weighted by molar-refractivity contribution is -0.213. The van der Waals surface area contributed by atoms with E-state index < -0.39 is 44.2 Å². The topological polar surface area (TPSA) is 64.6 Å². The monoisotopic (exact) mass is 357 g/mol. The maximum absolute atomic E-state index is 13.5. The highest BCUT2D eigenvalue weighted by atomic mass is 28.3. The highest BCUT2D eigenvalue weighted by molar-refractivity contribution is 6.76. The third-order valence-corrected chi connectivity index (χ3v) is 4.84. The fourth-order valence-corrected chi connectivity index (χ4v) is 2.65. The number of carbonyl (C=O) groups excluding carboxylic acids is 2. The van der Waals surface area contributed by atoms with Gasteiger partial charge in [-0.05, 0) is 18.4 Å². The third-order valence-electron chi connectivity index (χ3n) is 3.13. The van der Waals surface area contributed by atoms with Crippen molar-refractivity contribution in [2.75, 3.05) is 13.7 Å². The Morgan fingerprint density at radius 2 is 1.70 bits per heavy atom.